The number of hydrogen-bond acceptors (Lipinski definition) is 5. The molecular weight excluding hydrogens is 639 g/mol. The average molecular weight is 666 g/mol. The van der Waals surface area contributed by atoms with Gasteiger partial charge in [0.1, 0.15) is 22.3 Å². The maximum absolute atomic E-state index is 6.73. The highest BCUT2D eigenvalue weighted by Crippen LogP contribution is 2.44. The Bertz CT molecular complexity index is 3190. The number of hydrogen-bond donors (Lipinski definition) is 0. The van der Waals surface area contributed by atoms with Gasteiger partial charge >= 0.3 is 0 Å². The second-order valence-electron chi connectivity index (χ2n) is 13.1. The summed E-state index contributed by atoms with van der Waals surface area (Å²) < 4.78 is 12.9. The first-order valence-corrected chi connectivity index (χ1v) is 17.4. The quantitative estimate of drug-likeness (QED) is 0.187. The molecule has 11 rings (SSSR count). The van der Waals surface area contributed by atoms with Crippen molar-refractivity contribution in [1.29, 1.82) is 0 Å². The van der Waals surface area contributed by atoms with Crippen LogP contribution in [0.2, 0.25) is 0 Å². The van der Waals surface area contributed by atoms with Crippen LogP contribution in [0.5, 0.6) is 0 Å². The molecule has 0 bridgehead atoms. The van der Waals surface area contributed by atoms with E-state index in [1.807, 2.05) is 72.8 Å². The molecule has 0 fully saturated rings. The summed E-state index contributed by atoms with van der Waals surface area (Å²) in [6.45, 7) is 0. The molecule has 0 aliphatic carbocycles. The molecule has 0 aliphatic heterocycles. The Morgan fingerprint density at radius 2 is 0.962 bits per heavy atom. The molecule has 0 N–H and O–H groups in total. The van der Waals surface area contributed by atoms with Crippen molar-refractivity contribution in [2.24, 2.45) is 0 Å². The first-order chi connectivity index (χ1) is 25.8. The summed E-state index contributed by atoms with van der Waals surface area (Å²) in [5.74, 6) is 1.77. The molecular formula is C47H27N3O2. The van der Waals surface area contributed by atoms with Gasteiger partial charge in [0.2, 0.25) is 0 Å². The number of rotatable bonds is 4. The Hall–Kier alpha value is -7.11. The Morgan fingerprint density at radius 1 is 0.327 bits per heavy atom. The van der Waals surface area contributed by atoms with E-state index in [4.69, 9.17) is 23.8 Å². The van der Waals surface area contributed by atoms with E-state index >= 15 is 0 Å². The molecule has 52 heavy (non-hydrogen) atoms. The molecule has 0 spiro atoms. The predicted molar refractivity (Wildman–Crippen MR) is 211 cm³/mol. The third-order valence-electron chi connectivity index (χ3n) is 10.1. The molecule has 3 heterocycles. The van der Waals surface area contributed by atoms with Gasteiger partial charge in [0.15, 0.2) is 17.5 Å². The summed E-state index contributed by atoms with van der Waals surface area (Å²) in [4.78, 5) is 15.4. The zero-order valence-corrected chi connectivity index (χ0v) is 27.7. The van der Waals surface area contributed by atoms with Gasteiger partial charge in [-0.05, 0) is 63.7 Å². The van der Waals surface area contributed by atoms with Crippen molar-refractivity contribution in [3.05, 3.63) is 164 Å². The van der Waals surface area contributed by atoms with Crippen LogP contribution >= 0.6 is 0 Å². The van der Waals surface area contributed by atoms with E-state index in [2.05, 4.69) is 91.0 Å². The van der Waals surface area contributed by atoms with Crippen molar-refractivity contribution < 1.29 is 8.83 Å². The van der Waals surface area contributed by atoms with Crippen molar-refractivity contribution in [3.8, 4) is 45.3 Å². The van der Waals surface area contributed by atoms with Gasteiger partial charge in [-0.1, -0.05) is 127 Å². The molecule has 242 valence electrons. The lowest BCUT2D eigenvalue weighted by molar-refractivity contribution is 0.669. The van der Waals surface area contributed by atoms with Crippen LogP contribution in [-0.2, 0) is 0 Å². The van der Waals surface area contributed by atoms with Gasteiger partial charge in [-0.2, -0.15) is 0 Å². The highest BCUT2D eigenvalue weighted by atomic mass is 16.3. The Kier molecular flexibility index (Phi) is 6.18. The van der Waals surface area contributed by atoms with Crippen LogP contribution in [0.15, 0.2) is 173 Å². The Balaban J connectivity index is 1.19. The van der Waals surface area contributed by atoms with Gasteiger partial charge < -0.3 is 8.83 Å². The molecule has 0 unspecified atom stereocenters. The maximum Gasteiger partial charge on any atom is 0.164 e. The molecule has 8 aromatic carbocycles. The summed E-state index contributed by atoms with van der Waals surface area (Å²) in [5.41, 5.74) is 8.31. The fourth-order valence-corrected chi connectivity index (χ4v) is 7.72. The number of aromatic nitrogens is 3. The molecule has 0 saturated carbocycles. The zero-order chi connectivity index (χ0) is 34.2. The van der Waals surface area contributed by atoms with Crippen molar-refractivity contribution in [1.82, 2.24) is 15.0 Å². The van der Waals surface area contributed by atoms with Crippen molar-refractivity contribution in [2.75, 3.05) is 0 Å². The summed E-state index contributed by atoms with van der Waals surface area (Å²) >= 11 is 0. The smallest absolute Gasteiger partial charge is 0.164 e. The summed E-state index contributed by atoms with van der Waals surface area (Å²) in [5, 5.41) is 8.68. The van der Waals surface area contributed by atoms with E-state index in [1.54, 1.807) is 0 Å². The van der Waals surface area contributed by atoms with Crippen LogP contribution in [0, 0.1) is 0 Å². The lowest BCUT2D eigenvalue weighted by Gasteiger charge is -2.12. The first kappa shape index (κ1) is 28.7. The minimum absolute atomic E-state index is 0.578. The number of para-hydroxylation sites is 1. The highest BCUT2D eigenvalue weighted by Gasteiger charge is 2.21. The van der Waals surface area contributed by atoms with Crippen molar-refractivity contribution in [2.45, 2.75) is 0 Å². The third kappa shape index (κ3) is 4.39. The van der Waals surface area contributed by atoms with E-state index in [0.29, 0.717) is 17.5 Å². The van der Waals surface area contributed by atoms with Crippen LogP contribution in [0.1, 0.15) is 0 Å². The Morgan fingerprint density at radius 3 is 1.85 bits per heavy atom. The molecule has 0 saturated heterocycles. The van der Waals surface area contributed by atoms with Crippen LogP contribution < -0.4 is 0 Å². The largest absolute Gasteiger partial charge is 0.456 e. The van der Waals surface area contributed by atoms with Crippen molar-refractivity contribution >= 4 is 65.4 Å². The Labute approximate surface area is 297 Å². The molecule has 3 aromatic heterocycles. The minimum Gasteiger partial charge on any atom is -0.456 e. The highest BCUT2D eigenvalue weighted by molar-refractivity contribution is 6.23. The lowest BCUT2D eigenvalue weighted by atomic mass is 9.91. The van der Waals surface area contributed by atoms with Crippen LogP contribution in [-0.4, -0.2) is 15.0 Å². The predicted octanol–water partition coefficient (Wildman–Crippen LogP) is 12.6. The lowest BCUT2D eigenvalue weighted by Crippen LogP contribution is -2.00. The summed E-state index contributed by atoms with van der Waals surface area (Å²) in [6.07, 6.45) is 0. The molecule has 5 heteroatoms. The fraction of sp³-hybridized carbons (Fsp3) is 0. The maximum atomic E-state index is 6.73. The number of fused-ring (bicyclic) bond motifs is 9. The molecule has 0 amide bonds. The average Bonchev–Trinajstić information content (AvgIpc) is 3.79. The zero-order valence-electron chi connectivity index (χ0n) is 27.7. The van der Waals surface area contributed by atoms with Gasteiger partial charge in [-0.15, -0.1) is 0 Å². The van der Waals surface area contributed by atoms with Gasteiger partial charge in [-0.25, -0.2) is 15.0 Å². The molecule has 11 aromatic rings. The minimum atomic E-state index is 0.578. The molecule has 0 atom stereocenters. The van der Waals surface area contributed by atoms with E-state index in [-0.39, 0.29) is 0 Å². The second kappa shape index (κ2) is 11.2. The second-order valence-corrected chi connectivity index (χ2v) is 13.1. The van der Waals surface area contributed by atoms with E-state index < -0.39 is 0 Å². The van der Waals surface area contributed by atoms with Crippen molar-refractivity contribution in [3.63, 3.8) is 0 Å². The van der Waals surface area contributed by atoms with Crippen LogP contribution in [0.3, 0.4) is 0 Å². The van der Waals surface area contributed by atoms with Gasteiger partial charge in [0, 0.05) is 43.6 Å². The summed E-state index contributed by atoms with van der Waals surface area (Å²) in [6, 6.07) is 56.3. The number of nitrogens with zero attached hydrogens (tertiary/aromatic N) is 3. The standard InChI is InChI=1S/C47H27N3O2/c1-2-13-29(14-3-1)45-48-46(30-24-25-41-38(26-30)34-18-8-9-22-40(34)51-41)50-47(49-45)36-21-11-23-42-43(36)39-27-37(33-17-6-7-19-35(33)44(39)52-42)32-20-10-15-28-12-4-5-16-31(28)32/h1-27H. The number of furan rings is 2. The molecule has 0 radical (unpaired) electrons. The van der Waals surface area contributed by atoms with Gasteiger partial charge in [-0.3, -0.25) is 0 Å². The SMILES string of the molecule is c1ccc(-c2nc(-c3ccc4oc5ccccc5c4c3)nc(-c3cccc4oc5c6ccccc6c(-c6cccc7ccccc67)cc5c34)n2)cc1. The van der Waals surface area contributed by atoms with Gasteiger partial charge in [0.25, 0.3) is 0 Å². The van der Waals surface area contributed by atoms with Crippen LogP contribution in [0.25, 0.3) is 111 Å². The molecule has 0 aliphatic rings. The third-order valence-corrected chi connectivity index (χ3v) is 10.1. The van der Waals surface area contributed by atoms with E-state index in [9.17, 15) is 0 Å². The topological polar surface area (TPSA) is 65.0 Å². The van der Waals surface area contributed by atoms with Crippen LogP contribution in [0.4, 0.5) is 0 Å². The monoisotopic (exact) mass is 665 g/mol. The first-order valence-electron chi connectivity index (χ1n) is 17.4. The normalized spacial score (nSPS) is 11.8. The molecule has 5 nitrogen and oxygen atoms in total. The summed E-state index contributed by atoms with van der Waals surface area (Å²) in [7, 11) is 0. The van der Waals surface area contributed by atoms with E-state index in [1.165, 1.54) is 16.3 Å². The van der Waals surface area contributed by atoms with Gasteiger partial charge in [0.05, 0.1) is 0 Å². The fourth-order valence-electron chi connectivity index (χ4n) is 7.72. The number of benzene rings is 8. The van der Waals surface area contributed by atoms with E-state index in [0.717, 1.165) is 76.9 Å².